The Hall–Kier alpha value is -2.40. The quantitative estimate of drug-likeness (QED) is 0.226. The third-order valence-electron chi connectivity index (χ3n) is 5.15. The van der Waals surface area contributed by atoms with Gasteiger partial charge in [-0.3, -0.25) is 0 Å². The van der Waals surface area contributed by atoms with E-state index in [1.807, 2.05) is 0 Å². The molecule has 4 rings (SSSR count). The molecule has 0 unspecified atom stereocenters. The minimum absolute atomic E-state index is 0.0428. The van der Waals surface area contributed by atoms with Gasteiger partial charge in [-0.2, -0.15) is 0 Å². The lowest BCUT2D eigenvalue weighted by Crippen LogP contribution is -2.66. The van der Waals surface area contributed by atoms with Gasteiger partial charge in [0, 0.05) is 11.1 Å². The second-order valence-electron chi connectivity index (χ2n) is 7.01. The average molecular weight is 386 g/mol. The van der Waals surface area contributed by atoms with Crippen LogP contribution in [0.2, 0.25) is 0 Å². The van der Waals surface area contributed by atoms with Crippen LogP contribution < -0.4 is 20.9 Å². The summed E-state index contributed by atoms with van der Waals surface area (Å²) >= 11 is 0. The Bertz CT molecular complexity index is 1120. The molecule has 146 valence electrons. The molecule has 0 saturated heterocycles. The van der Waals surface area contributed by atoms with E-state index < -0.39 is 34.3 Å². The van der Waals surface area contributed by atoms with Crippen LogP contribution in [0.4, 0.5) is 0 Å². The van der Waals surface area contributed by atoms with Crippen molar-refractivity contribution in [1.29, 1.82) is 0 Å². The SMILES string of the molecule is OC1(O)C=c2ccccc2=C(C2=c3ccccc3=CC(O)(O)C2(O)O)C1(O)O. The van der Waals surface area contributed by atoms with Gasteiger partial charge in [-0.05, 0) is 33.0 Å². The number of rotatable bonds is 1. The van der Waals surface area contributed by atoms with Crippen LogP contribution in [0.25, 0.3) is 23.3 Å². The molecule has 0 radical (unpaired) electrons. The van der Waals surface area contributed by atoms with E-state index in [1.54, 1.807) is 12.1 Å². The van der Waals surface area contributed by atoms with Crippen molar-refractivity contribution < 1.29 is 40.9 Å². The van der Waals surface area contributed by atoms with Crippen LogP contribution in [-0.2, 0) is 0 Å². The van der Waals surface area contributed by atoms with Crippen LogP contribution in [0.1, 0.15) is 0 Å². The number of hydrogen-bond acceptors (Lipinski definition) is 8. The molecule has 0 aromatic heterocycles. The predicted molar refractivity (Wildman–Crippen MR) is 95.8 cm³/mol. The van der Waals surface area contributed by atoms with Crippen LogP contribution >= 0.6 is 0 Å². The lowest BCUT2D eigenvalue weighted by atomic mass is 9.76. The van der Waals surface area contributed by atoms with E-state index in [0.29, 0.717) is 0 Å². The van der Waals surface area contributed by atoms with Gasteiger partial charge >= 0.3 is 0 Å². The smallest absolute Gasteiger partial charge is 0.251 e. The highest BCUT2D eigenvalue weighted by molar-refractivity contribution is 5.98. The zero-order chi connectivity index (χ0) is 20.5. The third-order valence-corrected chi connectivity index (χ3v) is 5.15. The summed E-state index contributed by atoms with van der Waals surface area (Å²) in [6.45, 7) is 0. The molecular formula is C20H18O8. The van der Waals surface area contributed by atoms with Crippen molar-refractivity contribution in [3.8, 4) is 0 Å². The van der Waals surface area contributed by atoms with E-state index in [0.717, 1.165) is 12.2 Å². The first-order valence-electron chi connectivity index (χ1n) is 8.35. The van der Waals surface area contributed by atoms with Gasteiger partial charge < -0.3 is 40.9 Å². The van der Waals surface area contributed by atoms with Crippen molar-refractivity contribution in [1.82, 2.24) is 0 Å². The van der Waals surface area contributed by atoms with Gasteiger partial charge in [0.15, 0.2) is 0 Å². The summed E-state index contributed by atoms with van der Waals surface area (Å²) in [5, 5.41) is 84.1. The molecule has 8 heteroatoms. The van der Waals surface area contributed by atoms with Gasteiger partial charge in [0.05, 0.1) is 0 Å². The molecule has 0 bridgehead atoms. The Labute approximate surface area is 157 Å². The third kappa shape index (κ3) is 2.35. The lowest BCUT2D eigenvalue weighted by molar-refractivity contribution is -0.303. The summed E-state index contributed by atoms with van der Waals surface area (Å²) in [7, 11) is 0. The Kier molecular flexibility index (Phi) is 3.77. The number of hydrogen-bond donors (Lipinski definition) is 8. The zero-order valence-corrected chi connectivity index (χ0v) is 14.4. The molecule has 0 atom stereocenters. The molecule has 8 nitrogen and oxygen atoms in total. The predicted octanol–water partition coefficient (Wildman–Crippen LogP) is -5.00. The van der Waals surface area contributed by atoms with Crippen LogP contribution in [0.15, 0.2) is 48.5 Å². The van der Waals surface area contributed by atoms with Crippen molar-refractivity contribution in [3.63, 3.8) is 0 Å². The van der Waals surface area contributed by atoms with Crippen molar-refractivity contribution in [2.75, 3.05) is 0 Å². The topological polar surface area (TPSA) is 162 Å². The van der Waals surface area contributed by atoms with E-state index in [2.05, 4.69) is 0 Å². The van der Waals surface area contributed by atoms with E-state index in [-0.39, 0.29) is 20.9 Å². The van der Waals surface area contributed by atoms with Crippen LogP contribution in [0, 0.1) is 0 Å². The number of benzene rings is 2. The van der Waals surface area contributed by atoms with Crippen molar-refractivity contribution in [3.05, 3.63) is 69.4 Å². The molecule has 0 amide bonds. The molecule has 0 heterocycles. The summed E-state index contributed by atoms with van der Waals surface area (Å²) in [4.78, 5) is 0. The first-order valence-corrected chi connectivity index (χ1v) is 8.35. The monoisotopic (exact) mass is 386 g/mol. The molecule has 0 aliphatic heterocycles. The summed E-state index contributed by atoms with van der Waals surface area (Å²) in [6, 6.07) is 11.9. The molecule has 8 N–H and O–H groups in total. The molecular weight excluding hydrogens is 368 g/mol. The molecule has 2 aromatic rings. The second-order valence-corrected chi connectivity index (χ2v) is 7.01. The number of fused-ring (bicyclic) bond motifs is 2. The molecule has 0 saturated carbocycles. The fourth-order valence-corrected chi connectivity index (χ4v) is 3.70. The number of aliphatic hydroxyl groups is 8. The Morgan fingerprint density at radius 1 is 0.464 bits per heavy atom. The maximum absolute atomic E-state index is 10.7. The average Bonchev–Trinajstić information content (AvgIpc) is 2.58. The minimum Gasteiger partial charge on any atom is -0.358 e. The Morgan fingerprint density at radius 3 is 1.14 bits per heavy atom. The zero-order valence-electron chi connectivity index (χ0n) is 14.4. The Balaban J connectivity index is 2.32. The first kappa shape index (κ1) is 18.9. The van der Waals surface area contributed by atoms with E-state index >= 15 is 0 Å². The first-order chi connectivity index (χ1) is 12.9. The summed E-state index contributed by atoms with van der Waals surface area (Å²) < 4.78 is 0. The summed E-state index contributed by atoms with van der Waals surface area (Å²) in [5.74, 6) is -13.2. The highest BCUT2D eigenvalue weighted by Crippen LogP contribution is 2.41. The van der Waals surface area contributed by atoms with Gasteiger partial charge in [0.25, 0.3) is 11.6 Å². The molecule has 2 aliphatic carbocycles. The Morgan fingerprint density at radius 2 is 0.786 bits per heavy atom. The maximum Gasteiger partial charge on any atom is 0.251 e. The fraction of sp³-hybridized carbons (Fsp3) is 0.200. The van der Waals surface area contributed by atoms with Gasteiger partial charge in [0.1, 0.15) is 0 Å². The van der Waals surface area contributed by atoms with E-state index in [1.165, 1.54) is 36.4 Å². The largest absolute Gasteiger partial charge is 0.358 e. The fourth-order valence-electron chi connectivity index (χ4n) is 3.70. The molecule has 2 aromatic carbocycles. The normalized spacial score (nSPS) is 23.1. The van der Waals surface area contributed by atoms with Crippen LogP contribution in [-0.4, -0.2) is 64.0 Å². The van der Waals surface area contributed by atoms with E-state index in [9.17, 15) is 40.9 Å². The molecule has 2 aliphatic rings. The van der Waals surface area contributed by atoms with E-state index in [4.69, 9.17) is 0 Å². The van der Waals surface area contributed by atoms with Gasteiger partial charge in [-0.25, -0.2) is 0 Å². The van der Waals surface area contributed by atoms with Gasteiger partial charge in [-0.1, -0.05) is 48.5 Å². The van der Waals surface area contributed by atoms with Gasteiger partial charge in [0.2, 0.25) is 11.6 Å². The lowest BCUT2D eigenvalue weighted by Gasteiger charge is -2.43. The highest BCUT2D eigenvalue weighted by Gasteiger charge is 2.59. The van der Waals surface area contributed by atoms with Crippen LogP contribution in [0.3, 0.4) is 0 Å². The van der Waals surface area contributed by atoms with Crippen LogP contribution in [0.5, 0.6) is 0 Å². The van der Waals surface area contributed by atoms with Crippen molar-refractivity contribution >= 4 is 23.3 Å². The standard InChI is InChI=1S/C20H18O8/c21-17(22)9-11-5-1-3-7-13(11)15(19(17,25)26)16-14-8-4-2-6-12(14)10-18(23,24)20(16,27)28/h1-10,21-28H. The second kappa shape index (κ2) is 5.57. The summed E-state index contributed by atoms with van der Waals surface area (Å²) in [5.41, 5.74) is -1.37. The highest BCUT2D eigenvalue weighted by atomic mass is 16.6. The maximum atomic E-state index is 10.7. The molecule has 0 fully saturated rings. The van der Waals surface area contributed by atoms with Crippen molar-refractivity contribution in [2.24, 2.45) is 0 Å². The molecule has 28 heavy (non-hydrogen) atoms. The van der Waals surface area contributed by atoms with Gasteiger partial charge in [-0.15, -0.1) is 0 Å². The van der Waals surface area contributed by atoms with Crippen molar-refractivity contribution in [2.45, 2.75) is 23.1 Å². The molecule has 0 spiro atoms. The minimum atomic E-state index is -3.41. The summed E-state index contributed by atoms with van der Waals surface area (Å²) in [6.07, 6.45) is 1.60.